The second-order valence-electron chi connectivity index (χ2n) is 11.4. The number of thiazole rings is 1. The number of furan rings is 1. The van der Waals surface area contributed by atoms with Crippen molar-refractivity contribution in [3.8, 4) is 44.7 Å². The van der Waals surface area contributed by atoms with E-state index in [1.54, 1.807) is 22.7 Å². The molecule has 0 unspecified atom stereocenters. The molecule has 47 heavy (non-hydrogen) atoms. The third kappa shape index (κ3) is 4.28. The van der Waals surface area contributed by atoms with Gasteiger partial charge in [-0.3, -0.25) is 0 Å². The Bertz CT molecular complexity index is 2780. The van der Waals surface area contributed by atoms with E-state index in [1.165, 1.54) is 19.5 Å². The van der Waals surface area contributed by atoms with E-state index in [-0.39, 0.29) is 0 Å². The highest BCUT2D eigenvalue weighted by Gasteiger charge is 2.20. The summed E-state index contributed by atoms with van der Waals surface area (Å²) in [5, 5.41) is 5.45. The molecule has 0 atom stereocenters. The molecule has 0 aliphatic carbocycles. The number of thiophene rings is 1. The molecule has 220 valence electrons. The van der Waals surface area contributed by atoms with Crippen LogP contribution in [0.4, 0.5) is 0 Å². The van der Waals surface area contributed by atoms with Crippen LogP contribution in [-0.4, -0.2) is 19.9 Å². The standard InChI is InChI=1S/C40H22N4OS2/c1-2-10-23(11-3-1)37-42-38(44-39(43-37)29-15-8-13-26-25-12-4-6-17-31(25)45-36(26)29)28-14-9-19-33-35(28)27-21-20-24(22-34(27)46-33)40-41-30-16-5-7-18-32(30)47-40/h1-22H. The van der Waals surface area contributed by atoms with E-state index in [9.17, 15) is 0 Å². The van der Waals surface area contributed by atoms with Gasteiger partial charge in [0, 0.05) is 47.6 Å². The van der Waals surface area contributed by atoms with Crippen molar-refractivity contribution < 1.29 is 4.42 Å². The molecule has 0 radical (unpaired) electrons. The van der Waals surface area contributed by atoms with Crippen LogP contribution in [0.1, 0.15) is 0 Å². The van der Waals surface area contributed by atoms with Crippen molar-refractivity contribution in [3.05, 3.63) is 133 Å². The summed E-state index contributed by atoms with van der Waals surface area (Å²) in [6.07, 6.45) is 0. The number of hydrogen-bond donors (Lipinski definition) is 0. The number of nitrogens with zero attached hydrogens (tertiary/aromatic N) is 4. The van der Waals surface area contributed by atoms with Gasteiger partial charge in [-0.05, 0) is 36.4 Å². The van der Waals surface area contributed by atoms with Gasteiger partial charge in [0.15, 0.2) is 17.5 Å². The number of aromatic nitrogens is 4. The van der Waals surface area contributed by atoms with Crippen molar-refractivity contribution >= 4 is 75.0 Å². The first-order chi connectivity index (χ1) is 23.3. The van der Waals surface area contributed by atoms with Crippen molar-refractivity contribution in [2.75, 3.05) is 0 Å². The Morgan fingerprint density at radius 1 is 0.447 bits per heavy atom. The minimum Gasteiger partial charge on any atom is -0.455 e. The van der Waals surface area contributed by atoms with Crippen molar-refractivity contribution in [1.29, 1.82) is 0 Å². The van der Waals surface area contributed by atoms with Crippen LogP contribution in [0.5, 0.6) is 0 Å². The minimum atomic E-state index is 0.577. The summed E-state index contributed by atoms with van der Waals surface area (Å²) in [5.74, 6) is 1.82. The highest BCUT2D eigenvalue weighted by atomic mass is 32.1. The quantitative estimate of drug-likeness (QED) is 0.192. The van der Waals surface area contributed by atoms with Gasteiger partial charge in [0.25, 0.3) is 0 Å². The maximum absolute atomic E-state index is 6.41. The smallest absolute Gasteiger partial charge is 0.167 e. The molecule has 0 spiro atoms. The Labute approximate surface area is 276 Å². The molecule has 0 aliphatic heterocycles. The predicted octanol–water partition coefficient (Wildman–Crippen LogP) is 11.4. The van der Waals surface area contributed by atoms with Gasteiger partial charge in [-0.1, -0.05) is 97.1 Å². The fourth-order valence-electron chi connectivity index (χ4n) is 6.40. The first-order valence-electron chi connectivity index (χ1n) is 15.3. The summed E-state index contributed by atoms with van der Waals surface area (Å²) >= 11 is 3.51. The van der Waals surface area contributed by atoms with Crippen LogP contribution in [-0.2, 0) is 0 Å². The third-order valence-corrected chi connectivity index (χ3v) is 10.8. The largest absolute Gasteiger partial charge is 0.455 e. The zero-order chi connectivity index (χ0) is 30.9. The summed E-state index contributed by atoms with van der Waals surface area (Å²) in [6.45, 7) is 0. The maximum atomic E-state index is 6.41. The molecule has 0 aliphatic rings. The van der Waals surface area contributed by atoms with Gasteiger partial charge in [0.1, 0.15) is 16.2 Å². The predicted molar refractivity (Wildman–Crippen MR) is 195 cm³/mol. The molecule has 5 nitrogen and oxygen atoms in total. The lowest BCUT2D eigenvalue weighted by atomic mass is 10.0. The Morgan fingerprint density at radius 3 is 2.09 bits per heavy atom. The molecule has 4 aromatic heterocycles. The van der Waals surface area contributed by atoms with Gasteiger partial charge in [-0.25, -0.2) is 19.9 Å². The lowest BCUT2D eigenvalue weighted by Gasteiger charge is -2.10. The van der Waals surface area contributed by atoms with Crippen molar-refractivity contribution in [3.63, 3.8) is 0 Å². The molecule has 0 saturated carbocycles. The highest BCUT2D eigenvalue weighted by molar-refractivity contribution is 7.26. The van der Waals surface area contributed by atoms with Crippen LogP contribution in [0.25, 0.3) is 97.1 Å². The number of rotatable bonds is 4. The second kappa shape index (κ2) is 10.4. The van der Waals surface area contributed by atoms with Gasteiger partial charge in [-0.2, -0.15) is 0 Å². The summed E-state index contributed by atoms with van der Waals surface area (Å²) in [4.78, 5) is 20.2. The Morgan fingerprint density at radius 2 is 1.17 bits per heavy atom. The maximum Gasteiger partial charge on any atom is 0.167 e. The zero-order valence-electron chi connectivity index (χ0n) is 24.7. The normalized spacial score (nSPS) is 11.8. The molecular weight excluding hydrogens is 617 g/mol. The fraction of sp³-hybridized carbons (Fsp3) is 0. The van der Waals surface area contributed by atoms with Crippen LogP contribution in [0.15, 0.2) is 138 Å². The van der Waals surface area contributed by atoms with Crippen LogP contribution < -0.4 is 0 Å². The molecule has 0 saturated heterocycles. The second-order valence-corrected chi connectivity index (χ2v) is 13.5. The first-order valence-corrected chi connectivity index (χ1v) is 16.9. The van der Waals surface area contributed by atoms with Gasteiger partial charge >= 0.3 is 0 Å². The monoisotopic (exact) mass is 638 g/mol. The molecule has 7 heteroatoms. The van der Waals surface area contributed by atoms with Crippen LogP contribution >= 0.6 is 22.7 Å². The van der Waals surface area contributed by atoms with E-state index in [0.29, 0.717) is 17.5 Å². The number of hydrogen-bond acceptors (Lipinski definition) is 7. The summed E-state index contributed by atoms with van der Waals surface area (Å²) in [5.41, 5.74) is 6.50. The van der Waals surface area contributed by atoms with Crippen molar-refractivity contribution in [2.24, 2.45) is 0 Å². The SMILES string of the molecule is c1ccc(-c2nc(-c3cccc4c3oc3ccccc34)nc(-c3cccc4sc5cc(-c6nc7ccccc7s6)ccc5c34)n2)cc1. The molecule has 10 rings (SSSR count). The number of fused-ring (bicyclic) bond motifs is 7. The Hall–Kier alpha value is -5.76. The number of para-hydroxylation sites is 3. The average Bonchev–Trinajstić information content (AvgIpc) is 3.84. The fourth-order valence-corrected chi connectivity index (χ4v) is 8.53. The topological polar surface area (TPSA) is 64.7 Å². The molecule has 4 heterocycles. The summed E-state index contributed by atoms with van der Waals surface area (Å²) in [6, 6.07) is 45.7. The van der Waals surface area contributed by atoms with Gasteiger partial charge in [-0.15, -0.1) is 22.7 Å². The van der Waals surface area contributed by atoms with E-state index in [0.717, 1.165) is 60.1 Å². The first kappa shape index (κ1) is 26.5. The third-order valence-electron chi connectivity index (χ3n) is 8.59. The summed E-state index contributed by atoms with van der Waals surface area (Å²) < 4.78 is 9.99. The van der Waals surface area contributed by atoms with E-state index in [2.05, 4.69) is 66.7 Å². The molecule has 10 aromatic rings. The van der Waals surface area contributed by atoms with Crippen molar-refractivity contribution in [1.82, 2.24) is 19.9 Å². The molecule has 0 bridgehead atoms. The molecule has 0 fully saturated rings. The molecular formula is C40H22N4OS2. The average molecular weight is 639 g/mol. The van der Waals surface area contributed by atoms with E-state index < -0.39 is 0 Å². The Balaban J connectivity index is 1.19. The number of benzene rings is 6. The van der Waals surface area contributed by atoms with Gasteiger partial charge in [0.2, 0.25) is 0 Å². The highest BCUT2D eigenvalue weighted by Crippen LogP contribution is 2.42. The van der Waals surface area contributed by atoms with E-state index in [1.807, 2.05) is 66.7 Å². The minimum absolute atomic E-state index is 0.577. The van der Waals surface area contributed by atoms with E-state index in [4.69, 9.17) is 24.4 Å². The molecule has 6 aromatic carbocycles. The Kier molecular flexibility index (Phi) is 5.85. The zero-order valence-corrected chi connectivity index (χ0v) is 26.3. The van der Waals surface area contributed by atoms with Gasteiger partial charge in [0.05, 0.1) is 15.8 Å². The van der Waals surface area contributed by atoms with Gasteiger partial charge < -0.3 is 4.42 Å². The van der Waals surface area contributed by atoms with Crippen LogP contribution in [0.2, 0.25) is 0 Å². The molecule has 0 N–H and O–H groups in total. The van der Waals surface area contributed by atoms with E-state index >= 15 is 0 Å². The lowest BCUT2D eigenvalue weighted by molar-refractivity contribution is 0.669. The van der Waals surface area contributed by atoms with Crippen molar-refractivity contribution in [2.45, 2.75) is 0 Å². The lowest BCUT2D eigenvalue weighted by Crippen LogP contribution is -2.00. The van der Waals surface area contributed by atoms with Crippen LogP contribution in [0, 0.1) is 0 Å². The van der Waals surface area contributed by atoms with Crippen LogP contribution in [0.3, 0.4) is 0 Å². The summed E-state index contributed by atoms with van der Waals surface area (Å²) in [7, 11) is 0. The molecule has 0 amide bonds.